The summed E-state index contributed by atoms with van der Waals surface area (Å²) < 4.78 is 0. The molecule has 0 radical (unpaired) electrons. The van der Waals surface area contributed by atoms with E-state index in [1.807, 2.05) is 56.3 Å². The number of nitrogens with zero attached hydrogens (tertiary/aromatic N) is 4. The van der Waals surface area contributed by atoms with Crippen molar-refractivity contribution in [3.8, 4) is 5.75 Å². The van der Waals surface area contributed by atoms with Crippen LogP contribution in [0.1, 0.15) is 88.2 Å². The van der Waals surface area contributed by atoms with Crippen LogP contribution in [0.5, 0.6) is 5.75 Å². The van der Waals surface area contributed by atoms with Gasteiger partial charge in [-0.1, -0.05) is 62.4 Å². The number of phenols is 1. The Morgan fingerprint density at radius 1 is 0.734 bits per heavy atom. The third-order valence-electron chi connectivity index (χ3n) is 16.7. The molecule has 0 unspecified atom stereocenters. The largest absolute Gasteiger partial charge is 0.508 e. The fourth-order valence-electron chi connectivity index (χ4n) is 11.8. The van der Waals surface area contributed by atoms with E-state index in [9.17, 15) is 43.8 Å². The van der Waals surface area contributed by atoms with Crippen LogP contribution >= 0.6 is 0 Å². The van der Waals surface area contributed by atoms with Gasteiger partial charge < -0.3 is 89.0 Å². The van der Waals surface area contributed by atoms with Crippen molar-refractivity contribution >= 4 is 86.8 Å². The lowest BCUT2D eigenvalue weighted by atomic mass is 10.00. The zero-order chi connectivity index (χ0) is 67.6. The summed E-state index contributed by atoms with van der Waals surface area (Å²) >= 11 is 0. The molecule has 0 aliphatic carbocycles. The van der Waals surface area contributed by atoms with Crippen LogP contribution in [0.4, 0.5) is 0 Å². The van der Waals surface area contributed by atoms with Gasteiger partial charge in [-0.15, -0.1) is 0 Å². The summed E-state index contributed by atoms with van der Waals surface area (Å²) in [6, 6.07) is 10.4. The van der Waals surface area contributed by atoms with Gasteiger partial charge in [0.05, 0.1) is 12.9 Å². The van der Waals surface area contributed by atoms with Crippen LogP contribution in [0, 0.1) is 5.92 Å². The molecule has 2 saturated heterocycles. The minimum absolute atomic E-state index is 0.0645. The molecule has 29 heteroatoms. The van der Waals surface area contributed by atoms with E-state index < -0.39 is 108 Å². The highest BCUT2D eigenvalue weighted by molar-refractivity contribution is 6.00. The number of amides is 10. The van der Waals surface area contributed by atoms with Crippen molar-refractivity contribution in [3.05, 3.63) is 120 Å². The number of aromatic nitrogens is 4. The topological polar surface area (TPSA) is 439 Å². The van der Waals surface area contributed by atoms with Crippen molar-refractivity contribution in [3.63, 3.8) is 0 Å². The van der Waals surface area contributed by atoms with Gasteiger partial charge in [0.1, 0.15) is 60.1 Å². The molecule has 3 aromatic carbocycles. The van der Waals surface area contributed by atoms with Crippen LogP contribution in [-0.4, -0.2) is 193 Å². The Balaban J connectivity index is 1.06. The standard InChI is InChI=1S/C65H85N17O12/c1-5-69-61(91)53-17-11-25-82(53)64(94)47(16-10-24-70-65(66)67)75-57(87)48(26-36(2)3)76-59(89)50(30-40-28-38-12-6-8-14-44(38)73-40)78-58(88)49(27-37-18-20-42(84)21-19-37)79-62(92)54(34-83)81(4)63(93)52(29-39-32-71-45-15-9-7-13-43(39)45)80-60(90)51(31-41-33-68-35-72-41)77-56(86)46-22-23-55(85)74-46/h6-9,12-15,18-21,28,32-33,35-36,46-54,71,73,83-84H,5,10-11,16-17,22-27,29-31,34H2,1-4H3,(H,68,72)(H,69,91)(H,74,85)(H,75,87)(H,76,89)(H,77,86)(H,78,88)(H,79,92)(H,80,90)(H4,66,67,70)/t46-,47-,48-,49-,50+,51-,52-,53-,54-/m0/s1. The van der Waals surface area contributed by atoms with E-state index in [1.165, 1.54) is 48.7 Å². The van der Waals surface area contributed by atoms with E-state index >= 15 is 14.4 Å². The summed E-state index contributed by atoms with van der Waals surface area (Å²) in [6.07, 6.45) is 5.45. The Kier molecular flexibility index (Phi) is 24.3. The molecule has 5 heterocycles. The minimum Gasteiger partial charge on any atom is -0.508 e. The number of rotatable bonds is 32. The van der Waals surface area contributed by atoms with Gasteiger partial charge in [-0.2, -0.15) is 0 Å². The van der Waals surface area contributed by atoms with Crippen molar-refractivity contribution in [2.75, 3.05) is 33.3 Å². The maximum atomic E-state index is 15.1. The monoisotopic (exact) mass is 1300 g/mol. The average Bonchev–Trinajstić information content (AvgIpc) is 1.87. The van der Waals surface area contributed by atoms with E-state index in [4.69, 9.17) is 11.5 Å². The number of carbonyl (C=O) groups excluding carboxylic acids is 10. The number of benzene rings is 3. The SMILES string of the molecule is CCNC(=O)[C@@H]1CCCN1C(=O)[C@H](CCCN=C(N)N)NC(=O)[C@H](CC(C)C)NC(=O)[C@@H](Cc1cc2ccccc2[nH]1)NC(=O)[C@H](Cc1ccc(O)cc1)NC(=O)[C@H](CO)N(C)C(=O)[C@H](Cc1c[nH]c2ccccc12)NC(=O)[C@H](Cc1cnc[nH]1)NC(=O)[C@@H]1CCC(=O)N1. The summed E-state index contributed by atoms with van der Waals surface area (Å²) in [5.74, 6) is -7.44. The third kappa shape index (κ3) is 18.7. The summed E-state index contributed by atoms with van der Waals surface area (Å²) in [6.45, 7) is 5.17. The first-order valence-electron chi connectivity index (χ1n) is 31.6. The van der Waals surface area contributed by atoms with E-state index in [0.29, 0.717) is 52.8 Å². The molecule has 9 atom stereocenters. The van der Waals surface area contributed by atoms with Gasteiger partial charge in [0.25, 0.3) is 0 Å². The van der Waals surface area contributed by atoms with Gasteiger partial charge in [0, 0.05) is 99.0 Å². The number of imidazole rings is 1. The molecule has 0 bridgehead atoms. The Labute approximate surface area is 542 Å². The van der Waals surface area contributed by atoms with Crippen LogP contribution < -0.4 is 54.0 Å². The molecule has 2 aliphatic rings. The number of guanidine groups is 1. The van der Waals surface area contributed by atoms with Crippen molar-refractivity contribution in [1.29, 1.82) is 0 Å². The molecule has 6 aromatic rings. The van der Waals surface area contributed by atoms with Crippen molar-refractivity contribution in [2.24, 2.45) is 22.4 Å². The molecule has 94 heavy (non-hydrogen) atoms. The summed E-state index contributed by atoms with van der Waals surface area (Å²) in [5, 5.41) is 44.9. The molecule has 0 spiro atoms. The number of hydrogen-bond acceptors (Lipinski definition) is 14. The van der Waals surface area contributed by atoms with Crippen molar-refractivity contribution in [1.82, 2.24) is 72.3 Å². The minimum atomic E-state index is -1.73. The number of hydrogen-bond donors (Lipinski definition) is 15. The number of aromatic amines is 3. The highest BCUT2D eigenvalue weighted by atomic mass is 16.3. The molecule has 0 saturated carbocycles. The number of aliphatic hydroxyl groups excluding tert-OH is 1. The number of phenolic OH excluding ortho intramolecular Hbond substituents is 1. The number of fused-ring (bicyclic) bond motifs is 2. The molecule has 8 rings (SSSR count). The molecule has 2 aliphatic heterocycles. The molecule has 502 valence electrons. The number of aromatic hydroxyl groups is 1. The lowest BCUT2D eigenvalue weighted by Gasteiger charge is -2.32. The molecule has 2 fully saturated rings. The van der Waals surface area contributed by atoms with Crippen molar-refractivity contribution in [2.45, 2.75) is 146 Å². The number of nitrogens with two attached hydrogens (primary N) is 2. The van der Waals surface area contributed by atoms with Crippen LogP contribution in [-0.2, 0) is 73.6 Å². The van der Waals surface area contributed by atoms with Gasteiger partial charge in [-0.25, -0.2) is 4.98 Å². The molecule has 10 amide bonds. The second-order valence-electron chi connectivity index (χ2n) is 24.1. The number of para-hydroxylation sites is 2. The predicted octanol–water partition coefficient (Wildman–Crippen LogP) is -0.418. The first-order chi connectivity index (χ1) is 45.1. The molecular formula is C65H85N17O12. The van der Waals surface area contributed by atoms with Gasteiger partial charge in [-0.3, -0.25) is 52.9 Å². The highest BCUT2D eigenvalue weighted by Gasteiger charge is 2.41. The smallest absolute Gasteiger partial charge is 0.245 e. The molecule has 3 aromatic heterocycles. The lowest BCUT2D eigenvalue weighted by molar-refractivity contribution is -0.144. The lowest BCUT2D eigenvalue weighted by Crippen LogP contribution is -2.62. The van der Waals surface area contributed by atoms with Gasteiger partial charge >= 0.3 is 0 Å². The zero-order valence-electron chi connectivity index (χ0n) is 53.0. The number of nitrogens with one attached hydrogen (secondary N) is 11. The number of likely N-dealkylation sites (tertiary alicyclic amines) is 1. The van der Waals surface area contributed by atoms with Gasteiger partial charge in [0.2, 0.25) is 59.1 Å². The number of aliphatic imine (C=N–C) groups is 1. The molecular weight excluding hydrogens is 1210 g/mol. The van der Waals surface area contributed by atoms with Crippen LogP contribution in [0.2, 0.25) is 0 Å². The Morgan fingerprint density at radius 3 is 2.03 bits per heavy atom. The van der Waals surface area contributed by atoms with Gasteiger partial charge in [0.15, 0.2) is 5.96 Å². The van der Waals surface area contributed by atoms with Crippen LogP contribution in [0.3, 0.4) is 0 Å². The maximum Gasteiger partial charge on any atom is 0.245 e. The Morgan fingerprint density at radius 2 is 1.37 bits per heavy atom. The predicted molar refractivity (Wildman–Crippen MR) is 347 cm³/mol. The summed E-state index contributed by atoms with van der Waals surface area (Å²) in [4.78, 5) is 162. The fourth-order valence-corrected chi connectivity index (χ4v) is 11.8. The number of aliphatic hydroxyl groups is 1. The first kappa shape index (κ1) is 69.6. The maximum absolute atomic E-state index is 15.1. The summed E-state index contributed by atoms with van der Waals surface area (Å²) in [7, 11) is 1.24. The van der Waals surface area contributed by atoms with Crippen LogP contribution in [0.15, 0.2) is 103 Å². The Hall–Kier alpha value is -10.3. The second-order valence-corrected chi connectivity index (χ2v) is 24.1. The molecule has 29 nitrogen and oxygen atoms in total. The first-order valence-corrected chi connectivity index (χ1v) is 31.6. The van der Waals surface area contributed by atoms with E-state index in [1.54, 1.807) is 25.3 Å². The van der Waals surface area contributed by atoms with E-state index in [-0.39, 0.29) is 100 Å². The average molecular weight is 1300 g/mol. The van der Waals surface area contributed by atoms with E-state index in [2.05, 4.69) is 67.5 Å². The number of H-pyrrole nitrogens is 3. The van der Waals surface area contributed by atoms with Crippen LogP contribution in [0.25, 0.3) is 21.8 Å². The Bertz CT molecular complexity index is 3640. The number of likely N-dealkylation sites (N-methyl/N-ethyl adjacent to an activating group) is 2. The third-order valence-corrected chi connectivity index (χ3v) is 16.7. The fraction of sp³-hybridized carbons (Fsp3) is 0.446. The second kappa shape index (κ2) is 32.8. The summed E-state index contributed by atoms with van der Waals surface area (Å²) in [5.41, 5.74) is 14.6. The van der Waals surface area contributed by atoms with E-state index in [0.717, 1.165) is 15.8 Å². The molecule has 17 N–H and O–H groups in total. The normalized spacial score (nSPS) is 16.7. The quantitative estimate of drug-likeness (QED) is 0.0145. The number of carbonyl (C=O) groups is 10. The zero-order valence-corrected chi connectivity index (χ0v) is 53.0. The highest BCUT2D eigenvalue weighted by Crippen LogP contribution is 2.24. The van der Waals surface area contributed by atoms with Crippen molar-refractivity contribution < 1.29 is 58.2 Å². The van der Waals surface area contributed by atoms with Gasteiger partial charge in [-0.05, 0) is 98.2 Å².